The van der Waals surface area contributed by atoms with Gasteiger partial charge in [-0.25, -0.2) is 0 Å². The smallest absolute Gasteiger partial charge is 0.303 e. The summed E-state index contributed by atoms with van der Waals surface area (Å²) in [4.78, 5) is 13.1. The fourth-order valence-electron chi connectivity index (χ4n) is 2.79. The molecule has 1 saturated heterocycles. The van der Waals surface area contributed by atoms with Crippen molar-refractivity contribution in [1.29, 1.82) is 0 Å². The minimum Gasteiger partial charge on any atom is -0.481 e. The summed E-state index contributed by atoms with van der Waals surface area (Å²) in [6.07, 6.45) is 5.70. The number of nitrogens with zero attached hydrogens (tertiary/aromatic N) is 1. The van der Waals surface area contributed by atoms with Crippen molar-refractivity contribution in [2.75, 3.05) is 18.0 Å². The number of hydrogen-bond donors (Lipinski definition) is 1. The Morgan fingerprint density at radius 2 is 2.00 bits per heavy atom. The van der Waals surface area contributed by atoms with Gasteiger partial charge in [-0.2, -0.15) is 0 Å². The molecule has 2 rings (SSSR count). The summed E-state index contributed by atoms with van der Waals surface area (Å²) in [5.41, 5.74) is 3.88. The molecule has 1 heterocycles. The SMILES string of the molecule is Cc1ccc(N2CCCCC2)c(CCCC(=O)O)c1. The Morgan fingerprint density at radius 1 is 1.26 bits per heavy atom. The third kappa shape index (κ3) is 3.98. The molecule has 0 atom stereocenters. The summed E-state index contributed by atoms with van der Waals surface area (Å²) in [5.74, 6) is -0.702. The number of piperidine rings is 1. The van der Waals surface area contributed by atoms with Crippen LogP contribution < -0.4 is 4.90 Å². The molecule has 19 heavy (non-hydrogen) atoms. The highest BCUT2D eigenvalue weighted by molar-refractivity contribution is 5.66. The molecular weight excluding hydrogens is 238 g/mol. The lowest BCUT2D eigenvalue weighted by molar-refractivity contribution is -0.137. The van der Waals surface area contributed by atoms with Gasteiger partial charge in [-0.1, -0.05) is 17.7 Å². The zero-order valence-corrected chi connectivity index (χ0v) is 11.7. The third-order valence-electron chi connectivity index (χ3n) is 3.77. The Morgan fingerprint density at radius 3 is 2.68 bits per heavy atom. The van der Waals surface area contributed by atoms with Crippen LogP contribution in [0.3, 0.4) is 0 Å². The molecule has 104 valence electrons. The minimum absolute atomic E-state index is 0.257. The average molecular weight is 261 g/mol. The lowest BCUT2D eigenvalue weighted by Crippen LogP contribution is -2.30. The number of aryl methyl sites for hydroxylation is 2. The van der Waals surface area contributed by atoms with Crippen LogP contribution in [-0.4, -0.2) is 24.2 Å². The van der Waals surface area contributed by atoms with Gasteiger partial charge >= 0.3 is 5.97 Å². The van der Waals surface area contributed by atoms with Crippen LogP contribution in [0.5, 0.6) is 0 Å². The molecule has 1 aromatic carbocycles. The lowest BCUT2D eigenvalue weighted by atomic mass is 10.0. The quantitative estimate of drug-likeness (QED) is 0.883. The number of benzene rings is 1. The van der Waals surface area contributed by atoms with Gasteiger partial charge in [0.05, 0.1) is 0 Å². The molecule has 3 nitrogen and oxygen atoms in total. The topological polar surface area (TPSA) is 40.5 Å². The number of hydrogen-bond acceptors (Lipinski definition) is 2. The van der Waals surface area contributed by atoms with Crippen molar-refractivity contribution in [2.24, 2.45) is 0 Å². The highest BCUT2D eigenvalue weighted by Crippen LogP contribution is 2.26. The molecule has 0 aromatic heterocycles. The number of anilines is 1. The fraction of sp³-hybridized carbons (Fsp3) is 0.562. The van der Waals surface area contributed by atoms with Gasteiger partial charge in [-0.05, 0) is 50.7 Å². The van der Waals surface area contributed by atoms with E-state index in [0.29, 0.717) is 0 Å². The minimum atomic E-state index is -0.702. The van der Waals surface area contributed by atoms with Crippen LogP contribution in [-0.2, 0) is 11.2 Å². The maximum Gasteiger partial charge on any atom is 0.303 e. The Balaban J connectivity index is 2.10. The van der Waals surface area contributed by atoms with Crippen LogP contribution in [0.2, 0.25) is 0 Å². The summed E-state index contributed by atoms with van der Waals surface area (Å²) in [7, 11) is 0. The van der Waals surface area contributed by atoms with Crippen LogP contribution in [0, 0.1) is 6.92 Å². The maximum absolute atomic E-state index is 10.6. The van der Waals surface area contributed by atoms with E-state index in [-0.39, 0.29) is 6.42 Å². The van der Waals surface area contributed by atoms with E-state index in [9.17, 15) is 4.79 Å². The van der Waals surface area contributed by atoms with E-state index in [1.807, 2.05) is 0 Å². The maximum atomic E-state index is 10.6. The van der Waals surface area contributed by atoms with E-state index in [2.05, 4.69) is 30.0 Å². The molecule has 0 unspecified atom stereocenters. The predicted molar refractivity (Wildman–Crippen MR) is 77.8 cm³/mol. The van der Waals surface area contributed by atoms with Gasteiger partial charge in [0.1, 0.15) is 0 Å². The molecule has 0 bridgehead atoms. The summed E-state index contributed by atoms with van der Waals surface area (Å²) in [5, 5.41) is 8.75. The zero-order chi connectivity index (χ0) is 13.7. The Labute approximate surface area is 115 Å². The number of aliphatic carboxylic acids is 1. The molecule has 0 aliphatic carbocycles. The van der Waals surface area contributed by atoms with E-state index < -0.39 is 5.97 Å². The van der Waals surface area contributed by atoms with Gasteiger partial charge in [-0.3, -0.25) is 4.79 Å². The number of rotatable bonds is 5. The van der Waals surface area contributed by atoms with Crippen LogP contribution in [0.1, 0.15) is 43.2 Å². The highest BCUT2D eigenvalue weighted by atomic mass is 16.4. The standard InChI is InChI=1S/C16H23NO2/c1-13-8-9-15(17-10-3-2-4-11-17)14(12-13)6-5-7-16(18)19/h8-9,12H,2-7,10-11H2,1H3,(H,18,19). The molecule has 1 N–H and O–H groups in total. The van der Waals surface area contributed by atoms with Crippen molar-refractivity contribution in [3.63, 3.8) is 0 Å². The number of carboxylic acids is 1. The van der Waals surface area contributed by atoms with Crippen molar-refractivity contribution in [3.05, 3.63) is 29.3 Å². The monoisotopic (exact) mass is 261 g/mol. The molecule has 1 aliphatic heterocycles. The third-order valence-corrected chi connectivity index (χ3v) is 3.77. The molecule has 1 aromatic rings. The van der Waals surface area contributed by atoms with Crippen molar-refractivity contribution in [2.45, 2.75) is 45.4 Å². The first kappa shape index (κ1) is 13.9. The first-order chi connectivity index (χ1) is 9.16. The van der Waals surface area contributed by atoms with Gasteiger partial charge in [-0.15, -0.1) is 0 Å². The number of carboxylic acid groups (broad SMARTS) is 1. The van der Waals surface area contributed by atoms with Crippen LogP contribution in [0.25, 0.3) is 0 Å². The molecular formula is C16H23NO2. The summed E-state index contributed by atoms with van der Waals surface area (Å²) in [6, 6.07) is 6.58. The second-order valence-electron chi connectivity index (χ2n) is 5.43. The van der Waals surface area contributed by atoms with Gasteiger partial charge < -0.3 is 10.0 Å². The van der Waals surface area contributed by atoms with Crippen molar-refractivity contribution >= 4 is 11.7 Å². The second-order valence-corrected chi connectivity index (χ2v) is 5.43. The highest BCUT2D eigenvalue weighted by Gasteiger charge is 2.14. The van der Waals surface area contributed by atoms with Gasteiger partial charge in [0, 0.05) is 25.2 Å². The first-order valence-corrected chi connectivity index (χ1v) is 7.23. The summed E-state index contributed by atoms with van der Waals surface area (Å²) < 4.78 is 0. The van der Waals surface area contributed by atoms with Crippen molar-refractivity contribution < 1.29 is 9.90 Å². The number of carbonyl (C=O) groups is 1. The largest absolute Gasteiger partial charge is 0.481 e. The molecule has 1 fully saturated rings. The molecule has 1 aliphatic rings. The summed E-state index contributed by atoms with van der Waals surface area (Å²) >= 11 is 0. The summed E-state index contributed by atoms with van der Waals surface area (Å²) in [6.45, 7) is 4.37. The Bertz CT molecular complexity index is 436. The molecule has 0 radical (unpaired) electrons. The Hall–Kier alpha value is -1.51. The van der Waals surface area contributed by atoms with Crippen LogP contribution >= 0.6 is 0 Å². The first-order valence-electron chi connectivity index (χ1n) is 7.23. The van der Waals surface area contributed by atoms with Crippen molar-refractivity contribution in [1.82, 2.24) is 0 Å². The van der Waals surface area contributed by atoms with E-state index in [1.165, 1.54) is 36.1 Å². The fourth-order valence-corrected chi connectivity index (χ4v) is 2.79. The average Bonchev–Trinajstić information content (AvgIpc) is 2.39. The molecule has 0 amide bonds. The molecule has 0 spiro atoms. The second kappa shape index (κ2) is 6.60. The van der Waals surface area contributed by atoms with Gasteiger partial charge in [0.15, 0.2) is 0 Å². The lowest BCUT2D eigenvalue weighted by Gasteiger charge is -2.31. The van der Waals surface area contributed by atoms with E-state index in [4.69, 9.17) is 5.11 Å². The van der Waals surface area contributed by atoms with Crippen LogP contribution in [0.4, 0.5) is 5.69 Å². The van der Waals surface area contributed by atoms with Gasteiger partial charge in [0.25, 0.3) is 0 Å². The van der Waals surface area contributed by atoms with E-state index >= 15 is 0 Å². The normalized spacial score (nSPS) is 15.5. The predicted octanol–water partition coefficient (Wildman–Crippen LogP) is 3.39. The van der Waals surface area contributed by atoms with Gasteiger partial charge in [0.2, 0.25) is 0 Å². The van der Waals surface area contributed by atoms with Crippen LogP contribution in [0.15, 0.2) is 18.2 Å². The van der Waals surface area contributed by atoms with Crippen molar-refractivity contribution in [3.8, 4) is 0 Å². The zero-order valence-electron chi connectivity index (χ0n) is 11.7. The molecule has 0 saturated carbocycles. The Kier molecular flexibility index (Phi) is 4.83. The van der Waals surface area contributed by atoms with E-state index in [0.717, 1.165) is 25.9 Å². The van der Waals surface area contributed by atoms with E-state index in [1.54, 1.807) is 0 Å². The molecule has 3 heteroatoms.